The van der Waals surface area contributed by atoms with Gasteiger partial charge in [0, 0.05) is 30.2 Å². The van der Waals surface area contributed by atoms with Crippen molar-refractivity contribution in [1.29, 1.82) is 0 Å². The lowest BCUT2D eigenvalue weighted by Crippen LogP contribution is -2.16. The van der Waals surface area contributed by atoms with Crippen LogP contribution in [-0.2, 0) is 6.54 Å². The number of benzene rings is 1. The molecule has 100 valence electrons. The summed E-state index contributed by atoms with van der Waals surface area (Å²) in [6.45, 7) is 5.19. The van der Waals surface area contributed by atoms with Crippen LogP contribution in [0.15, 0.2) is 30.5 Å². The molecule has 1 aliphatic carbocycles. The van der Waals surface area contributed by atoms with Crippen LogP contribution in [0.25, 0.3) is 10.8 Å². The predicted octanol–water partition coefficient (Wildman–Crippen LogP) is 3.31. The summed E-state index contributed by atoms with van der Waals surface area (Å²) in [5.41, 5.74) is 1.29. The van der Waals surface area contributed by atoms with Gasteiger partial charge in [0.05, 0.1) is 0 Å². The summed E-state index contributed by atoms with van der Waals surface area (Å²) >= 11 is 0. The lowest BCUT2D eigenvalue weighted by atomic mass is 10.1. The molecule has 19 heavy (non-hydrogen) atoms. The van der Waals surface area contributed by atoms with Crippen LogP contribution in [0.2, 0.25) is 0 Å². The molecule has 3 nitrogen and oxygen atoms in total. The number of fused-ring (bicyclic) bond motifs is 1. The highest BCUT2D eigenvalue weighted by molar-refractivity contribution is 5.94. The van der Waals surface area contributed by atoms with Crippen molar-refractivity contribution in [2.75, 3.05) is 5.32 Å². The van der Waals surface area contributed by atoms with Crippen LogP contribution in [0, 0.1) is 0 Å². The Bertz CT molecular complexity index is 573. The first-order chi connectivity index (χ1) is 9.24. The molecule has 0 unspecified atom stereocenters. The summed E-state index contributed by atoms with van der Waals surface area (Å²) in [6.07, 6.45) is 4.64. The van der Waals surface area contributed by atoms with Gasteiger partial charge in [0.1, 0.15) is 5.82 Å². The SMILES string of the molecule is CC(C)Nc1ncc(CNC2CC2)c2ccccc12. The van der Waals surface area contributed by atoms with E-state index in [1.807, 2.05) is 6.20 Å². The van der Waals surface area contributed by atoms with Crippen molar-refractivity contribution >= 4 is 16.6 Å². The standard InChI is InChI=1S/C16H21N3/c1-11(2)19-16-15-6-4-3-5-14(15)12(10-18-16)9-17-13-7-8-13/h3-6,10-11,13,17H,7-9H2,1-2H3,(H,18,19). The zero-order valence-electron chi connectivity index (χ0n) is 11.6. The van der Waals surface area contributed by atoms with Crippen LogP contribution >= 0.6 is 0 Å². The lowest BCUT2D eigenvalue weighted by Gasteiger charge is -2.14. The van der Waals surface area contributed by atoms with Crippen molar-refractivity contribution < 1.29 is 0 Å². The zero-order chi connectivity index (χ0) is 13.2. The van der Waals surface area contributed by atoms with Gasteiger partial charge in [0.15, 0.2) is 0 Å². The lowest BCUT2D eigenvalue weighted by molar-refractivity contribution is 0.689. The third kappa shape index (κ3) is 2.87. The highest BCUT2D eigenvalue weighted by Crippen LogP contribution is 2.26. The summed E-state index contributed by atoms with van der Waals surface area (Å²) in [7, 11) is 0. The van der Waals surface area contributed by atoms with Crippen molar-refractivity contribution in [2.24, 2.45) is 0 Å². The predicted molar refractivity (Wildman–Crippen MR) is 80.4 cm³/mol. The molecule has 0 amide bonds. The molecule has 1 aliphatic rings. The molecule has 3 heteroatoms. The molecule has 0 bridgehead atoms. The first kappa shape index (κ1) is 12.4. The summed E-state index contributed by atoms with van der Waals surface area (Å²) in [5.74, 6) is 0.987. The van der Waals surface area contributed by atoms with Gasteiger partial charge in [0.2, 0.25) is 0 Å². The van der Waals surface area contributed by atoms with E-state index in [1.54, 1.807) is 0 Å². The minimum atomic E-state index is 0.395. The molecule has 1 heterocycles. The number of rotatable bonds is 5. The maximum Gasteiger partial charge on any atom is 0.134 e. The average Bonchev–Trinajstić information content (AvgIpc) is 3.21. The minimum absolute atomic E-state index is 0.395. The summed E-state index contributed by atoms with van der Waals surface area (Å²) in [6, 6.07) is 9.63. The molecule has 3 rings (SSSR count). The monoisotopic (exact) mass is 255 g/mol. The number of pyridine rings is 1. The minimum Gasteiger partial charge on any atom is -0.367 e. The Kier molecular flexibility index (Phi) is 3.38. The number of aromatic nitrogens is 1. The summed E-state index contributed by atoms with van der Waals surface area (Å²) in [4.78, 5) is 4.59. The molecule has 0 atom stereocenters. The fourth-order valence-electron chi connectivity index (χ4n) is 2.32. The molecule has 2 N–H and O–H groups in total. The number of anilines is 1. The molecule has 1 saturated carbocycles. The van der Waals surface area contributed by atoms with Gasteiger partial charge in [0.25, 0.3) is 0 Å². The van der Waals surface area contributed by atoms with Crippen molar-refractivity contribution in [3.63, 3.8) is 0 Å². The van der Waals surface area contributed by atoms with Gasteiger partial charge in [-0.1, -0.05) is 24.3 Å². The van der Waals surface area contributed by atoms with E-state index < -0.39 is 0 Å². The molecule has 1 fully saturated rings. The fraction of sp³-hybridized carbons (Fsp3) is 0.438. The first-order valence-electron chi connectivity index (χ1n) is 7.10. The molecular weight excluding hydrogens is 234 g/mol. The van der Waals surface area contributed by atoms with Crippen molar-refractivity contribution in [1.82, 2.24) is 10.3 Å². The van der Waals surface area contributed by atoms with E-state index in [-0.39, 0.29) is 0 Å². The van der Waals surface area contributed by atoms with Crippen LogP contribution in [0.1, 0.15) is 32.3 Å². The van der Waals surface area contributed by atoms with Gasteiger partial charge >= 0.3 is 0 Å². The van der Waals surface area contributed by atoms with Crippen LogP contribution in [-0.4, -0.2) is 17.1 Å². The smallest absolute Gasteiger partial charge is 0.134 e. The molecule has 1 aromatic carbocycles. The molecule has 1 aromatic heterocycles. The van der Waals surface area contributed by atoms with E-state index in [9.17, 15) is 0 Å². The fourth-order valence-corrected chi connectivity index (χ4v) is 2.32. The van der Waals surface area contributed by atoms with Crippen molar-refractivity contribution in [3.8, 4) is 0 Å². The summed E-state index contributed by atoms with van der Waals surface area (Å²) in [5, 5.41) is 9.50. The molecular formula is C16H21N3. The Balaban J connectivity index is 1.94. The number of hydrogen-bond acceptors (Lipinski definition) is 3. The third-order valence-electron chi connectivity index (χ3n) is 3.46. The van der Waals surface area contributed by atoms with Crippen LogP contribution in [0.3, 0.4) is 0 Å². The maximum absolute atomic E-state index is 4.59. The molecule has 2 aromatic rings. The van der Waals surface area contributed by atoms with Crippen molar-refractivity contribution in [3.05, 3.63) is 36.0 Å². The Labute approximate surface area is 114 Å². The molecule has 0 saturated heterocycles. The van der Waals surface area contributed by atoms with E-state index in [2.05, 4.69) is 53.7 Å². The zero-order valence-corrected chi connectivity index (χ0v) is 11.6. The second-order valence-electron chi connectivity index (χ2n) is 5.63. The Morgan fingerprint density at radius 1 is 1.21 bits per heavy atom. The molecule has 0 spiro atoms. The molecule has 0 radical (unpaired) electrons. The summed E-state index contributed by atoms with van der Waals surface area (Å²) < 4.78 is 0. The van der Waals surface area contributed by atoms with Gasteiger partial charge in [-0.15, -0.1) is 0 Å². The Morgan fingerprint density at radius 3 is 2.63 bits per heavy atom. The normalized spacial score (nSPS) is 15.1. The van der Waals surface area contributed by atoms with E-state index in [0.29, 0.717) is 6.04 Å². The Morgan fingerprint density at radius 2 is 1.95 bits per heavy atom. The van der Waals surface area contributed by atoms with Crippen LogP contribution in [0.5, 0.6) is 0 Å². The van der Waals surface area contributed by atoms with E-state index in [1.165, 1.54) is 29.2 Å². The topological polar surface area (TPSA) is 37.0 Å². The van der Waals surface area contributed by atoms with E-state index in [0.717, 1.165) is 18.4 Å². The number of nitrogens with one attached hydrogen (secondary N) is 2. The van der Waals surface area contributed by atoms with Gasteiger partial charge < -0.3 is 10.6 Å². The Hall–Kier alpha value is -1.61. The van der Waals surface area contributed by atoms with Crippen molar-refractivity contribution in [2.45, 2.75) is 45.3 Å². The van der Waals surface area contributed by atoms with E-state index >= 15 is 0 Å². The van der Waals surface area contributed by atoms with Crippen LogP contribution < -0.4 is 10.6 Å². The maximum atomic E-state index is 4.59. The van der Waals surface area contributed by atoms with Gasteiger partial charge in [-0.25, -0.2) is 4.98 Å². The molecule has 0 aliphatic heterocycles. The number of hydrogen-bond donors (Lipinski definition) is 2. The largest absolute Gasteiger partial charge is 0.367 e. The number of nitrogens with zero attached hydrogens (tertiary/aromatic N) is 1. The van der Waals surface area contributed by atoms with Gasteiger partial charge in [-0.05, 0) is 37.6 Å². The highest BCUT2D eigenvalue weighted by atomic mass is 15.0. The van der Waals surface area contributed by atoms with Gasteiger partial charge in [-0.2, -0.15) is 0 Å². The van der Waals surface area contributed by atoms with E-state index in [4.69, 9.17) is 0 Å². The second-order valence-corrected chi connectivity index (χ2v) is 5.63. The second kappa shape index (κ2) is 5.17. The first-order valence-corrected chi connectivity index (χ1v) is 7.10. The third-order valence-corrected chi connectivity index (χ3v) is 3.46. The highest BCUT2D eigenvalue weighted by Gasteiger charge is 2.20. The van der Waals surface area contributed by atoms with Crippen LogP contribution in [0.4, 0.5) is 5.82 Å². The quantitative estimate of drug-likeness (QED) is 0.860. The van der Waals surface area contributed by atoms with Gasteiger partial charge in [-0.3, -0.25) is 0 Å². The average molecular weight is 255 g/mol.